The monoisotopic (exact) mass is 269 g/mol. The Labute approximate surface area is 116 Å². The van der Waals surface area contributed by atoms with Crippen LogP contribution in [0.3, 0.4) is 0 Å². The van der Waals surface area contributed by atoms with E-state index in [9.17, 15) is 9.90 Å². The first-order chi connectivity index (χ1) is 9.16. The molecule has 2 saturated heterocycles. The van der Waals surface area contributed by atoms with Crippen LogP contribution in [0.25, 0.3) is 0 Å². The summed E-state index contributed by atoms with van der Waals surface area (Å²) in [4.78, 5) is 18.4. The Hall–Kier alpha value is -0.650. The molecule has 2 aliphatic rings. The number of piperazine rings is 1. The first-order valence-electron chi connectivity index (χ1n) is 7.58. The Kier molecular flexibility index (Phi) is 5.60. The first-order valence-corrected chi connectivity index (χ1v) is 7.58. The van der Waals surface area contributed by atoms with Gasteiger partial charge in [0.1, 0.15) is 6.10 Å². The first kappa shape index (κ1) is 14.8. The summed E-state index contributed by atoms with van der Waals surface area (Å²) < 4.78 is 0. The molecule has 2 aliphatic heterocycles. The number of carbonyl (C=O) groups is 1. The summed E-state index contributed by atoms with van der Waals surface area (Å²) in [6, 6.07) is 0. The molecule has 0 spiro atoms. The number of aliphatic hydroxyl groups is 1. The molecule has 1 amide bonds. The van der Waals surface area contributed by atoms with E-state index in [-0.39, 0.29) is 5.91 Å². The van der Waals surface area contributed by atoms with Gasteiger partial charge in [-0.15, -0.1) is 0 Å². The second-order valence-electron chi connectivity index (χ2n) is 5.75. The number of aliphatic hydroxyl groups excluding tert-OH is 1. The highest BCUT2D eigenvalue weighted by Gasteiger charge is 2.23. The second kappa shape index (κ2) is 7.22. The molecule has 0 saturated carbocycles. The zero-order valence-corrected chi connectivity index (χ0v) is 12.1. The summed E-state index contributed by atoms with van der Waals surface area (Å²) >= 11 is 0. The predicted octanol–water partition coefficient (Wildman–Crippen LogP) is -0.00270. The summed E-state index contributed by atoms with van der Waals surface area (Å²) in [6.45, 7) is 9.69. The Morgan fingerprint density at radius 2 is 1.47 bits per heavy atom. The van der Waals surface area contributed by atoms with E-state index >= 15 is 0 Å². The number of amides is 1. The molecular formula is C14H27N3O2. The van der Waals surface area contributed by atoms with Crippen LogP contribution in [-0.4, -0.2) is 84.2 Å². The van der Waals surface area contributed by atoms with Crippen molar-refractivity contribution >= 4 is 5.91 Å². The van der Waals surface area contributed by atoms with Crippen molar-refractivity contribution in [2.45, 2.75) is 32.3 Å². The summed E-state index contributed by atoms with van der Waals surface area (Å²) in [5.74, 6) is -0.129. The van der Waals surface area contributed by atoms with Gasteiger partial charge in [0.05, 0.1) is 0 Å². The van der Waals surface area contributed by atoms with Gasteiger partial charge in [0, 0.05) is 39.3 Å². The van der Waals surface area contributed by atoms with Gasteiger partial charge in [0.15, 0.2) is 0 Å². The number of hydrogen-bond donors (Lipinski definition) is 1. The lowest BCUT2D eigenvalue weighted by Crippen LogP contribution is -2.52. The number of piperidine rings is 1. The standard InChI is InChI=1S/C14H27N3O2/c1-13(18)14(19)17-11-9-16(10-12-17)8-7-15-5-3-2-4-6-15/h13,18H,2-12H2,1H3. The fraction of sp³-hybridized carbons (Fsp3) is 0.929. The lowest BCUT2D eigenvalue weighted by Gasteiger charge is -2.36. The van der Waals surface area contributed by atoms with E-state index < -0.39 is 6.10 Å². The maximum absolute atomic E-state index is 11.7. The Morgan fingerprint density at radius 3 is 2.00 bits per heavy atom. The molecule has 0 aliphatic carbocycles. The number of hydrogen-bond acceptors (Lipinski definition) is 4. The van der Waals surface area contributed by atoms with Crippen molar-refractivity contribution in [3.05, 3.63) is 0 Å². The fourth-order valence-corrected chi connectivity index (χ4v) is 2.92. The van der Waals surface area contributed by atoms with E-state index in [2.05, 4.69) is 9.80 Å². The molecular weight excluding hydrogens is 242 g/mol. The van der Waals surface area contributed by atoms with Crippen LogP contribution in [0.2, 0.25) is 0 Å². The van der Waals surface area contributed by atoms with Gasteiger partial charge in [-0.1, -0.05) is 6.42 Å². The molecule has 2 heterocycles. The SMILES string of the molecule is CC(O)C(=O)N1CCN(CCN2CCCCC2)CC1. The van der Waals surface area contributed by atoms with Crippen LogP contribution in [0.15, 0.2) is 0 Å². The number of nitrogens with zero attached hydrogens (tertiary/aromatic N) is 3. The van der Waals surface area contributed by atoms with Gasteiger partial charge in [0.25, 0.3) is 5.91 Å². The zero-order chi connectivity index (χ0) is 13.7. The Bertz CT molecular complexity index is 282. The molecule has 2 rings (SSSR count). The minimum Gasteiger partial charge on any atom is -0.384 e. The van der Waals surface area contributed by atoms with Gasteiger partial charge >= 0.3 is 0 Å². The molecule has 1 N–H and O–H groups in total. The molecule has 0 bridgehead atoms. The average molecular weight is 269 g/mol. The van der Waals surface area contributed by atoms with E-state index in [1.807, 2.05) is 0 Å². The normalized spacial score (nSPS) is 24.4. The van der Waals surface area contributed by atoms with Gasteiger partial charge in [0.2, 0.25) is 0 Å². The molecule has 1 unspecified atom stereocenters. The van der Waals surface area contributed by atoms with Gasteiger partial charge < -0.3 is 14.9 Å². The fourth-order valence-electron chi connectivity index (χ4n) is 2.92. The maximum atomic E-state index is 11.7. The van der Waals surface area contributed by atoms with Gasteiger partial charge in [-0.05, 0) is 32.9 Å². The van der Waals surface area contributed by atoms with Crippen LogP contribution < -0.4 is 0 Å². The number of carbonyl (C=O) groups excluding carboxylic acids is 1. The number of rotatable bonds is 4. The van der Waals surface area contributed by atoms with Gasteiger partial charge in [-0.2, -0.15) is 0 Å². The maximum Gasteiger partial charge on any atom is 0.251 e. The molecule has 5 nitrogen and oxygen atoms in total. The van der Waals surface area contributed by atoms with Gasteiger partial charge in [-0.25, -0.2) is 0 Å². The summed E-state index contributed by atoms with van der Waals surface area (Å²) in [5, 5.41) is 9.30. The Balaban J connectivity index is 1.64. The molecule has 0 aromatic carbocycles. The molecule has 19 heavy (non-hydrogen) atoms. The van der Waals surface area contributed by atoms with Crippen molar-refractivity contribution in [3.8, 4) is 0 Å². The van der Waals surface area contributed by atoms with Crippen molar-refractivity contribution in [2.24, 2.45) is 0 Å². The minimum atomic E-state index is -0.861. The molecule has 110 valence electrons. The van der Waals surface area contributed by atoms with Crippen LogP contribution in [0.4, 0.5) is 0 Å². The molecule has 1 atom stereocenters. The summed E-state index contributed by atoms with van der Waals surface area (Å²) in [6.07, 6.45) is 3.21. The van der Waals surface area contributed by atoms with E-state index in [0.717, 1.165) is 39.3 Å². The Morgan fingerprint density at radius 1 is 0.947 bits per heavy atom. The second-order valence-corrected chi connectivity index (χ2v) is 5.75. The van der Waals surface area contributed by atoms with E-state index in [4.69, 9.17) is 0 Å². The van der Waals surface area contributed by atoms with E-state index in [1.54, 1.807) is 11.8 Å². The van der Waals surface area contributed by atoms with E-state index in [1.165, 1.54) is 32.4 Å². The zero-order valence-electron chi connectivity index (χ0n) is 12.1. The molecule has 0 aromatic rings. The number of likely N-dealkylation sites (tertiary alicyclic amines) is 1. The quantitative estimate of drug-likeness (QED) is 0.780. The summed E-state index contributed by atoms with van der Waals surface area (Å²) in [5.41, 5.74) is 0. The minimum absolute atomic E-state index is 0.129. The van der Waals surface area contributed by atoms with Crippen LogP contribution in [-0.2, 0) is 4.79 Å². The lowest BCUT2D eigenvalue weighted by atomic mass is 10.1. The van der Waals surface area contributed by atoms with Crippen LogP contribution in [0.1, 0.15) is 26.2 Å². The lowest BCUT2D eigenvalue weighted by molar-refractivity contribution is -0.141. The van der Waals surface area contributed by atoms with Crippen LogP contribution in [0, 0.1) is 0 Å². The van der Waals surface area contributed by atoms with Crippen molar-refractivity contribution in [1.29, 1.82) is 0 Å². The van der Waals surface area contributed by atoms with Crippen molar-refractivity contribution in [3.63, 3.8) is 0 Å². The topological polar surface area (TPSA) is 47.0 Å². The van der Waals surface area contributed by atoms with Crippen molar-refractivity contribution in [1.82, 2.24) is 14.7 Å². The highest BCUT2D eigenvalue weighted by Crippen LogP contribution is 2.09. The molecule has 2 fully saturated rings. The average Bonchev–Trinajstić information content (AvgIpc) is 2.46. The molecule has 0 radical (unpaired) electrons. The predicted molar refractivity (Wildman–Crippen MR) is 75.0 cm³/mol. The largest absolute Gasteiger partial charge is 0.384 e. The van der Waals surface area contributed by atoms with Gasteiger partial charge in [-0.3, -0.25) is 9.69 Å². The third-order valence-corrected chi connectivity index (χ3v) is 4.22. The smallest absolute Gasteiger partial charge is 0.251 e. The third kappa shape index (κ3) is 4.44. The van der Waals surface area contributed by atoms with Crippen LogP contribution in [0.5, 0.6) is 0 Å². The van der Waals surface area contributed by atoms with Crippen molar-refractivity contribution < 1.29 is 9.90 Å². The molecule has 5 heteroatoms. The highest BCUT2D eigenvalue weighted by atomic mass is 16.3. The summed E-state index contributed by atoms with van der Waals surface area (Å²) in [7, 11) is 0. The highest BCUT2D eigenvalue weighted by molar-refractivity contribution is 5.80. The van der Waals surface area contributed by atoms with Crippen molar-refractivity contribution in [2.75, 3.05) is 52.4 Å². The van der Waals surface area contributed by atoms with Crippen LogP contribution >= 0.6 is 0 Å². The molecule has 0 aromatic heterocycles. The van der Waals surface area contributed by atoms with E-state index in [0.29, 0.717) is 0 Å². The third-order valence-electron chi connectivity index (χ3n) is 4.22.